The van der Waals surface area contributed by atoms with E-state index in [0.717, 1.165) is 6.07 Å². The van der Waals surface area contributed by atoms with Gasteiger partial charge in [0.1, 0.15) is 5.82 Å². The molecule has 0 aliphatic heterocycles. The lowest BCUT2D eigenvalue weighted by molar-refractivity contribution is 0.192. The summed E-state index contributed by atoms with van der Waals surface area (Å²) in [6, 6.07) is 3.50. The number of hydrogen-bond donors (Lipinski definition) is 1. The first kappa shape index (κ1) is 13.7. The largest absolute Gasteiger partial charge is 0.361 e. The van der Waals surface area contributed by atoms with E-state index in [0.29, 0.717) is 6.42 Å². The average molecular weight is 267 g/mol. The number of benzene rings is 1. The molecule has 0 saturated heterocycles. The minimum Gasteiger partial charge on any atom is -0.321 e. The monoisotopic (exact) mass is 266 g/mol. The van der Waals surface area contributed by atoms with Crippen LogP contribution in [0.2, 0.25) is 5.02 Å². The number of rotatable bonds is 4. The van der Waals surface area contributed by atoms with Gasteiger partial charge in [0.05, 0.1) is 11.4 Å². The van der Waals surface area contributed by atoms with Crippen molar-refractivity contribution in [2.45, 2.75) is 26.4 Å². The third kappa shape index (κ3) is 3.29. The van der Waals surface area contributed by atoms with E-state index in [1.807, 2.05) is 6.92 Å². The summed E-state index contributed by atoms with van der Waals surface area (Å²) in [5.74, 6) is -0.832. The Labute approximate surface area is 98.7 Å². The molecule has 90 valence electrons. The average Bonchev–Trinajstić information content (AvgIpc) is 2.16. The molecule has 3 nitrogen and oxygen atoms in total. The Morgan fingerprint density at radius 2 is 2.25 bits per heavy atom. The maximum Gasteiger partial charge on any atom is 0.361 e. The normalized spacial score (nSPS) is 16.8. The Bertz CT molecular complexity index is 425. The van der Waals surface area contributed by atoms with Crippen LogP contribution in [-0.2, 0) is 9.09 Å². The van der Waals surface area contributed by atoms with Gasteiger partial charge in [-0.1, -0.05) is 18.5 Å². The summed E-state index contributed by atoms with van der Waals surface area (Å²) in [5, 5.41) is -0.179. The molecule has 0 bridgehead atoms. The van der Waals surface area contributed by atoms with Crippen molar-refractivity contribution < 1.29 is 18.4 Å². The first-order valence-electron chi connectivity index (χ1n) is 4.83. The van der Waals surface area contributed by atoms with E-state index < -0.39 is 19.5 Å². The lowest BCUT2D eigenvalue weighted by Gasteiger charge is -2.17. The first-order valence-corrected chi connectivity index (χ1v) is 6.79. The lowest BCUT2D eigenvalue weighted by Crippen LogP contribution is -2.15. The van der Waals surface area contributed by atoms with Crippen molar-refractivity contribution in [2.75, 3.05) is 0 Å². The van der Waals surface area contributed by atoms with Crippen LogP contribution >= 0.6 is 19.2 Å². The van der Waals surface area contributed by atoms with Gasteiger partial charge in [0, 0.05) is 5.02 Å². The lowest BCUT2D eigenvalue weighted by atomic mass is 10.3. The highest BCUT2D eigenvalue weighted by Gasteiger charge is 2.28. The molecule has 6 heteroatoms. The van der Waals surface area contributed by atoms with Crippen LogP contribution in [0.25, 0.3) is 0 Å². The summed E-state index contributed by atoms with van der Waals surface area (Å²) in [7, 11) is -4.11. The van der Waals surface area contributed by atoms with Gasteiger partial charge in [-0.2, -0.15) is 0 Å². The fraction of sp³-hybridized carbons (Fsp3) is 0.400. The van der Waals surface area contributed by atoms with Gasteiger partial charge in [0.15, 0.2) is 0 Å². The zero-order chi connectivity index (χ0) is 12.3. The Morgan fingerprint density at radius 1 is 1.62 bits per heavy atom. The quantitative estimate of drug-likeness (QED) is 0.852. The van der Waals surface area contributed by atoms with E-state index in [-0.39, 0.29) is 10.3 Å². The molecule has 2 unspecified atom stereocenters. The SMILES string of the molecule is CCC(C)OP(=O)(O)c1ccc(Cl)cc1F. The molecule has 0 aromatic heterocycles. The first-order chi connectivity index (χ1) is 7.36. The molecular weight excluding hydrogens is 254 g/mol. The molecule has 2 atom stereocenters. The Hall–Kier alpha value is -0.410. The molecule has 1 aromatic rings. The van der Waals surface area contributed by atoms with E-state index in [9.17, 15) is 13.8 Å². The summed E-state index contributed by atoms with van der Waals surface area (Å²) in [6.07, 6.45) is 0.158. The van der Waals surface area contributed by atoms with Crippen molar-refractivity contribution in [2.24, 2.45) is 0 Å². The third-order valence-electron chi connectivity index (χ3n) is 2.11. The smallest absolute Gasteiger partial charge is 0.321 e. The van der Waals surface area contributed by atoms with Crippen molar-refractivity contribution >= 4 is 24.5 Å². The van der Waals surface area contributed by atoms with Gasteiger partial charge in [-0.3, -0.25) is 4.57 Å². The third-order valence-corrected chi connectivity index (χ3v) is 3.96. The number of hydrogen-bond acceptors (Lipinski definition) is 2. The van der Waals surface area contributed by atoms with Crippen LogP contribution in [0.3, 0.4) is 0 Å². The van der Waals surface area contributed by atoms with Crippen LogP contribution in [0.5, 0.6) is 0 Å². The van der Waals surface area contributed by atoms with E-state index in [2.05, 4.69) is 0 Å². The molecule has 0 heterocycles. The summed E-state index contributed by atoms with van der Waals surface area (Å²) in [5.41, 5.74) is 0. The molecule has 0 fully saturated rings. The highest BCUT2D eigenvalue weighted by molar-refractivity contribution is 7.61. The minimum absolute atomic E-state index is 0.171. The molecule has 0 saturated carbocycles. The van der Waals surface area contributed by atoms with E-state index in [4.69, 9.17) is 16.1 Å². The second-order valence-electron chi connectivity index (χ2n) is 3.44. The molecule has 1 rings (SSSR count). The zero-order valence-corrected chi connectivity index (χ0v) is 10.6. The summed E-state index contributed by atoms with van der Waals surface area (Å²) >= 11 is 5.55. The molecular formula is C10H13ClFO3P. The molecule has 0 radical (unpaired) electrons. The Morgan fingerprint density at radius 3 is 2.75 bits per heavy atom. The molecule has 1 N–H and O–H groups in total. The van der Waals surface area contributed by atoms with E-state index in [1.54, 1.807) is 6.92 Å². The zero-order valence-electron chi connectivity index (χ0n) is 8.98. The fourth-order valence-corrected chi connectivity index (χ4v) is 2.59. The van der Waals surface area contributed by atoms with Gasteiger partial charge >= 0.3 is 7.60 Å². The molecule has 0 aliphatic carbocycles. The maximum atomic E-state index is 13.4. The van der Waals surface area contributed by atoms with Gasteiger partial charge in [-0.15, -0.1) is 0 Å². The summed E-state index contributed by atoms with van der Waals surface area (Å²) in [6.45, 7) is 3.46. The van der Waals surface area contributed by atoms with Crippen molar-refractivity contribution in [1.82, 2.24) is 0 Å². The van der Waals surface area contributed by atoms with Gasteiger partial charge in [0.2, 0.25) is 0 Å². The van der Waals surface area contributed by atoms with Gasteiger partial charge in [-0.25, -0.2) is 4.39 Å². The predicted molar refractivity (Wildman–Crippen MR) is 61.7 cm³/mol. The van der Waals surface area contributed by atoms with Crippen LogP contribution in [0.15, 0.2) is 18.2 Å². The Balaban J connectivity index is 3.02. The van der Waals surface area contributed by atoms with Crippen molar-refractivity contribution in [3.8, 4) is 0 Å². The number of halogens is 2. The van der Waals surface area contributed by atoms with Gasteiger partial charge in [0.25, 0.3) is 0 Å². The second kappa shape index (κ2) is 5.28. The van der Waals surface area contributed by atoms with Crippen molar-refractivity contribution in [3.63, 3.8) is 0 Å². The predicted octanol–water partition coefficient (Wildman–Crippen LogP) is 3.10. The summed E-state index contributed by atoms with van der Waals surface area (Å²) in [4.78, 5) is 9.61. The fourth-order valence-electron chi connectivity index (χ4n) is 1.09. The minimum atomic E-state index is -4.11. The van der Waals surface area contributed by atoms with Crippen molar-refractivity contribution in [1.29, 1.82) is 0 Å². The molecule has 16 heavy (non-hydrogen) atoms. The van der Waals surface area contributed by atoms with E-state index >= 15 is 0 Å². The van der Waals surface area contributed by atoms with E-state index in [1.165, 1.54) is 12.1 Å². The van der Waals surface area contributed by atoms with Gasteiger partial charge in [-0.05, 0) is 31.5 Å². The molecule has 0 amide bonds. The second-order valence-corrected chi connectivity index (χ2v) is 5.61. The molecule has 1 aromatic carbocycles. The van der Waals surface area contributed by atoms with Crippen LogP contribution in [-0.4, -0.2) is 11.0 Å². The van der Waals surface area contributed by atoms with Crippen LogP contribution < -0.4 is 5.30 Å². The Kier molecular flexibility index (Phi) is 4.51. The van der Waals surface area contributed by atoms with Crippen LogP contribution in [0, 0.1) is 5.82 Å². The standard InChI is InChI=1S/C10H13ClFO3P/c1-3-7(2)15-16(13,14)10-5-4-8(11)6-9(10)12/h4-7H,3H2,1-2H3,(H,13,14). The van der Waals surface area contributed by atoms with Crippen molar-refractivity contribution in [3.05, 3.63) is 29.0 Å². The maximum absolute atomic E-state index is 13.4. The highest BCUT2D eigenvalue weighted by Crippen LogP contribution is 2.43. The summed E-state index contributed by atoms with van der Waals surface area (Å²) < 4.78 is 30.1. The topological polar surface area (TPSA) is 46.5 Å². The highest BCUT2D eigenvalue weighted by atomic mass is 35.5. The molecule has 0 aliphatic rings. The van der Waals surface area contributed by atoms with Gasteiger partial charge < -0.3 is 9.42 Å². The molecule has 0 spiro atoms. The van der Waals surface area contributed by atoms with Crippen LogP contribution in [0.1, 0.15) is 20.3 Å². The van der Waals surface area contributed by atoms with Crippen LogP contribution in [0.4, 0.5) is 4.39 Å².